The van der Waals surface area contributed by atoms with Crippen molar-refractivity contribution in [2.24, 2.45) is 0 Å². The van der Waals surface area contributed by atoms with Gasteiger partial charge in [0.15, 0.2) is 0 Å². The number of aliphatic hydroxyl groups excluding tert-OH is 1. The number of aromatic nitrogens is 3. The highest BCUT2D eigenvalue weighted by molar-refractivity contribution is 5.75. The number of aliphatic hydroxyl groups is 1. The minimum atomic E-state index is -0.299. The third-order valence-corrected chi connectivity index (χ3v) is 2.16. The standard InChI is InChI=1S/C10H18N4O2/c1-9(15)3-2-5-11-10(16)4-7-14-8-6-12-13-14/h6,8-9,15H,2-5,7H2,1H3,(H,11,16). The first-order chi connectivity index (χ1) is 7.68. The van der Waals surface area contributed by atoms with Crippen LogP contribution in [0.15, 0.2) is 12.4 Å². The molecule has 0 bridgehead atoms. The molecule has 90 valence electrons. The second-order valence-corrected chi connectivity index (χ2v) is 3.76. The van der Waals surface area contributed by atoms with Gasteiger partial charge in [0.25, 0.3) is 0 Å². The Morgan fingerprint density at radius 1 is 1.62 bits per heavy atom. The number of carbonyl (C=O) groups is 1. The number of aryl methyl sites for hydroxylation is 1. The molecule has 0 fully saturated rings. The fraction of sp³-hybridized carbons (Fsp3) is 0.700. The Labute approximate surface area is 94.7 Å². The average Bonchev–Trinajstić information content (AvgIpc) is 2.74. The molecule has 6 nitrogen and oxygen atoms in total. The van der Waals surface area contributed by atoms with Crippen molar-refractivity contribution in [3.05, 3.63) is 12.4 Å². The zero-order valence-electron chi connectivity index (χ0n) is 9.46. The van der Waals surface area contributed by atoms with Gasteiger partial charge < -0.3 is 10.4 Å². The third-order valence-electron chi connectivity index (χ3n) is 2.16. The fourth-order valence-corrected chi connectivity index (χ4v) is 1.28. The number of hydrogen-bond donors (Lipinski definition) is 2. The first-order valence-electron chi connectivity index (χ1n) is 5.47. The van der Waals surface area contributed by atoms with Gasteiger partial charge in [0.1, 0.15) is 0 Å². The van der Waals surface area contributed by atoms with Crippen LogP contribution in [-0.4, -0.2) is 38.7 Å². The maximum absolute atomic E-state index is 11.3. The van der Waals surface area contributed by atoms with Crippen LogP contribution in [0.4, 0.5) is 0 Å². The van der Waals surface area contributed by atoms with Gasteiger partial charge in [0, 0.05) is 19.2 Å². The summed E-state index contributed by atoms with van der Waals surface area (Å²) in [5, 5.41) is 19.2. The number of nitrogens with zero attached hydrogens (tertiary/aromatic N) is 3. The first-order valence-corrected chi connectivity index (χ1v) is 5.47. The molecular weight excluding hydrogens is 208 g/mol. The van der Waals surface area contributed by atoms with E-state index < -0.39 is 0 Å². The molecule has 1 aromatic heterocycles. The summed E-state index contributed by atoms with van der Waals surface area (Å²) >= 11 is 0. The van der Waals surface area contributed by atoms with Crippen molar-refractivity contribution in [1.82, 2.24) is 20.3 Å². The molecule has 0 radical (unpaired) electrons. The summed E-state index contributed by atoms with van der Waals surface area (Å²) < 4.78 is 1.62. The van der Waals surface area contributed by atoms with Crippen LogP contribution in [0.25, 0.3) is 0 Å². The Bertz CT molecular complexity index is 298. The van der Waals surface area contributed by atoms with Crippen LogP contribution < -0.4 is 5.32 Å². The lowest BCUT2D eigenvalue weighted by atomic mass is 10.2. The number of hydrogen-bond acceptors (Lipinski definition) is 4. The van der Waals surface area contributed by atoms with E-state index in [0.29, 0.717) is 25.9 Å². The zero-order chi connectivity index (χ0) is 11.8. The Kier molecular flexibility index (Phi) is 5.49. The minimum Gasteiger partial charge on any atom is -0.393 e. The predicted octanol–water partition coefficient (Wildman–Crippen LogP) is -0.0546. The lowest BCUT2D eigenvalue weighted by molar-refractivity contribution is -0.121. The predicted molar refractivity (Wildman–Crippen MR) is 58.6 cm³/mol. The molecule has 6 heteroatoms. The van der Waals surface area contributed by atoms with Gasteiger partial charge in [-0.05, 0) is 19.8 Å². The second-order valence-electron chi connectivity index (χ2n) is 3.76. The molecule has 16 heavy (non-hydrogen) atoms. The Morgan fingerprint density at radius 2 is 2.44 bits per heavy atom. The molecule has 0 saturated carbocycles. The van der Waals surface area contributed by atoms with Gasteiger partial charge in [-0.1, -0.05) is 5.21 Å². The summed E-state index contributed by atoms with van der Waals surface area (Å²) in [4.78, 5) is 11.3. The maximum Gasteiger partial charge on any atom is 0.221 e. The fourth-order valence-electron chi connectivity index (χ4n) is 1.28. The van der Waals surface area contributed by atoms with Crippen molar-refractivity contribution < 1.29 is 9.90 Å². The zero-order valence-corrected chi connectivity index (χ0v) is 9.46. The van der Waals surface area contributed by atoms with Crippen LogP contribution in [-0.2, 0) is 11.3 Å². The topological polar surface area (TPSA) is 80.0 Å². The van der Waals surface area contributed by atoms with E-state index in [1.165, 1.54) is 0 Å². The van der Waals surface area contributed by atoms with Crippen molar-refractivity contribution in [2.45, 2.75) is 38.8 Å². The molecule has 0 aliphatic carbocycles. The summed E-state index contributed by atoms with van der Waals surface area (Å²) in [6.45, 7) is 2.90. The molecule has 1 atom stereocenters. The molecule has 0 saturated heterocycles. The van der Waals surface area contributed by atoms with Crippen LogP contribution in [0.3, 0.4) is 0 Å². The van der Waals surface area contributed by atoms with E-state index in [4.69, 9.17) is 5.11 Å². The largest absolute Gasteiger partial charge is 0.393 e. The smallest absolute Gasteiger partial charge is 0.221 e. The Morgan fingerprint density at radius 3 is 3.06 bits per heavy atom. The summed E-state index contributed by atoms with van der Waals surface area (Å²) in [6, 6.07) is 0. The van der Waals surface area contributed by atoms with Gasteiger partial charge in [-0.15, -0.1) is 5.10 Å². The van der Waals surface area contributed by atoms with E-state index in [-0.39, 0.29) is 12.0 Å². The van der Waals surface area contributed by atoms with Crippen LogP contribution >= 0.6 is 0 Å². The van der Waals surface area contributed by atoms with Gasteiger partial charge in [-0.25, -0.2) is 0 Å². The van der Waals surface area contributed by atoms with Crippen molar-refractivity contribution in [3.63, 3.8) is 0 Å². The Hall–Kier alpha value is -1.43. The van der Waals surface area contributed by atoms with Crippen LogP contribution in [0.5, 0.6) is 0 Å². The minimum absolute atomic E-state index is 0.00101. The molecule has 1 heterocycles. The van der Waals surface area contributed by atoms with E-state index in [9.17, 15) is 4.79 Å². The normalized spacial score (nSPS) is 12.4. The lowest BCUT2D eigenvalue weighted by Gasteiger charge is -2.06. The molecular formula is C10H18N4O2. The van der Waals surface area contributed by atoms with Gasteiger partial charge >= 0.3 is 0 Å². The van der Waals surface area contributed by atoms with E-state index in [1.807, 2.05) is 0 Å². The van der Waals surface area contributed by atoms with Crippen molar-refractivity contribution in [2.75, 3.05) is 6.54 Å². The molecule has 0 spiro atoms. The van der Waals surface area contributed by atoms with Crippen LogP contribution in [0.1, 0.15) is 26.2 Å². The monoisotopic (exact) mass is 226 g/mol. The summed E-state index contributed by atoms with van der Waals surface area (Å²) in [7, 11) is 0. The number of nitrogens with one attached hydrogen (secondary N) is 1. The molecule has 1 rings (SSSR count). The van der Waals surface area contributed by atoms with Gasteiger partial charge in [0.05, 0.1) is 18.8 Å². The highest BCUT2D eigenvalue weighted by Crippen LogP contribution is 1.94. The van der Waals surface area contributed by atoms with Gasteiger partial charge in [-0.3, -0.25) is 9.48 Å². The number of amides is 1. The molecule has 1 amide bonds. The number of rotatable bonds is 7. The quantitative estimate of drug-likeness (QED) is 0.639. The molecule has 2 N–H and O–H groups in total. The van der Waals surface area contributed by atoms with Crippen LogP contribution in [0, 0.1) is 0 Å². The maximum atomic E-state index is 11.3. The highest BCUT2D eigenvalue weighted by atomic mass is 16.3. The van der Waals surface area contributed by atoms with E-state index in [0.717, 1.165) is 6.42 Å². The van der Waals surface area contributed by atoms with Gasteiger partial charge in [-0.2, -0.15) is 0 Å². The second kappa shape index (κ2) is 6.95. The molecule has 0 aliphatic heterocycles. The molecule has 1 unspecified atom stereocenters. The summed E-state index contributed by atoms with van der Waals surface area (Å²) in [5.74, 6) is 0.00101. The molecule has 0 aromatic carbocycles. The van der Waals surface area contributed by atoms with E-state index in [1.54, 1.807) is 24.0 Å². The summed E-state index contributed by atoms with van der Waals surface area (Å²) in [5.41, 5.74) is 0. The summed E-state index contributed by atoms with van der Waals surface area (Å²) in [6.07, 6.45) is 4.92. The lowest BCUT2D eigenvalue weighted by Crippen LogP contribution is -2.26. The van der Waals surface area contributed by atoms with Gasteiger partial charge in [0.2, 0.25) is 5.91 Å². The molecule has 1 aromatic rings. The highest BCUT2D eigenvalue weighted by Gasteiger charge is 2.02. The van der Waals surface area contributed by atoms with Crippen molar-refractivity contribution in [1.29, 1.82) is 0 Å². The van der Waals surface area contributed by atoms with Crippen molar-refractivity contribution >= 4 is 5.91 Å². The Balaban J connectivity index is 2.03. The molecule has 0 aliphatic rings. The van der Waals surface area contributed by atoms with E-state index in [2.05, 4.69) is 15.6 Å². The average molecular weight is 226 g/mol. The van der Waals surface area contributed by atoms with Crippen LogP contribution in [0.2, 0.25) is 0 Å². The SMILES string of the molecule is CC(O)CCCNC(=O)CCn1ccnn1. The third kappa shape index (κ3) is 5.45. The van der Waals surface area contributed by atoms with Crippen molar-refractivity contribution in [3.8, 4) is 0 Å². The first kappa shape index (κ1) is 12.6. The number of carbonyl (C=O) groups excluding carboxylic acids is 1. The van der Waals surface area contributed by atoms with E-state index >= 15 is 0 Å².